The molecule has 1 aliphatic rings. The summed E-state index contributed by atoms with van der Waals surface area (Å²) < 4.78 is 4.84. The molecule has 1 aliphatic heterocycles. The Hall–Kier alpha value is -1.92. The molecule has 1 fully saturated rings. The van der Waals surface area contributed by atoms with Crippen molar-refractivity contribution in [2.24, 2.45) is 0 Å². The fourth-order valence-corrected chi connectivity index (χ4v) is 1.65. The van der Waals surface area contributed by atoms with E-state index in [0.29, 0.717) is 37.6 Å². The zero-order chi connectivity index (χ0) is 12.3. The maximum atomic E-state index is 11.6. The van der Waals surface area contributed by atoms with Gasteiger partial charge in [-0.3, -0.25) is 9.59 Å². The highest BCUT2D eigenvalue weighted by atomic mass is 16.5. The molecule has 0 radical (unpaired) electrons. The van der Waals surface area contributed by atoms with E-state index >= 15 is 0 Å². The molecule has 7 nitrogen and oxygen atoms in total. The number of nitrogens with zero attached hydrogens (tertiary/aromatic N) is 3. The predicted molar refractivity (Wildman–Crippen MR) is 56.9 cm³/mol. The number of nitrogens with one attached hydrogen (secondary N) is 1. The lowest BCUT2D eigenvalue weighted by molar-refractivity contribution is -0.130. The lowest BCUT2D eigenvalue weighted by Crippen LogP contribution is -2.36. The largest absolute Gasteiger partial charge is 0.347 e. The molecule has 0 spiro atoms. The van der Waals surface area contributed by atoms with Crippen LogP contribution in [0.5, 0.6) is 0 Å². The first-order chi connectivity index (χ1) is 8.15. The summed E-state index contributed by atoms with van der Waals surface area (Å²) in [5.74, 6) is 0.935. The van der Waals surface area contributed by atoms with Gasteiger partial charge in [-0.15, -0.1) is 0 Å². The topological polar surface area (TPSA) is 88.3 Å². The average molecular weight is 238 g/mol. The van der Waals surface area contributed by atoms with Crippen molar-refractivity contribution in [1.82, 2.24) is 20.4 Å². The number of rotatable bonds is 3. The second-order valence-electron chi connectivity index (χ2n) is 3.89. The van der Waals surface area contributed by atoms with E-state index in [2.05, 4.69) is 15.5 Å². The average Bonchev–Trinajstić information content (AvgIpc) is 2.64. The van der Waals surface area contributed by atoms with E-state index in [0.717, 1.165) is 0 Å². The molecule has 2 heterocycles. The van der Waals surface area contributed by atoms with Gasteiger partial charge in [0.2, 0.25) is 17.7 Å². The van der Waals surface area contributed by atoms with Crippen molar-refractivity contribution < 1.29 is 14.1 Å². The van der Waals surface area contributed by atoms with Crippen molar-refractivity contribution >= 4 is 11.8 Å². The molecule has 2 rings (SSSR count). The van der Waals surface area contributed by atoms with Crippen molar-refractivity contribution in [2.75, 3.05) is 19.6 Å². The van der Waals surface area contributed by atoms with Crippen LogP contribution in [0.1, 0.15) is 18.1 Å². The summed E-state index contributed by atoms with van der Waals surface area (Å²) in [6.07, 6.45) is 0.883. The molecule has 0 bridgehead atoms. The Morgan fingerprint density at radius 1 is 1.47 bits per heavy atom. The Labute approximate surface area is 98.2 Å². The molecule has 0 saturated carbocycles. The molecule has 1 N–H and O–H groups in total. The van der Waals surface area contributed by atoms with Crippen LogP contribution < -0.4 is 5.32 Å². The molecular formula is C10H14N4O3. The molecule has 92 valence electrons. The minimum absolute atomic E-state index is 0.0731. The Morgan fingerprint density at radius 2 is 2.29 bits per heavy atom. The molecule has 17 heavy (non-hydrogen) atoms. The zero-order valence-corrected chi connectivity index (χ0v) is 9.60. The van der Waals surface area contributed by atoms with Crippen molar-refractivity contribution in [3.8, 4) is 0 Å². The smallest absolute Gasteiger partial charge is 0.241 e. The predicted octanol–water partition coefficient (Wildman–Crippen LogP) is -0.731. The van der Waals surface area contributed by atoms with Crippen LogP contribution in [0, 0.1) is 6.92 Å². The number of hydrogen-bond donors (Lipinski definition) is 1. The molecule has 1 saturated heterocycles. The van der Waals surface area contributed by atoms with Gasteiger partial charge in [0.05, 0.1) is 6.54 Å². The molecule has 0 aromatic carbocycles. The van der Waals surface area contributed by atoms with E-state index in [1.165, 1.54) is 0 Å². The summed E-state index contributed by atoms with van der Waals surface area (Å²) in [5, 5.41) is 6.30. The number of aryl methyl sites for hydroxylation is 1. The Kier molecular flexibility index (Phi) is 3.36. The Bertz CT molecular complexity index is 429. The van der Waals surface area contributed by atoms with Crippen LogP contribution in [-0.2, 0) is 16.0 Å². The summed E-state index contributed by atoms with van der Waals surface area (Å²) in [6.45, 7) is 2.74. The molecular weight excluding hydrogens is 224 g/mol. The SMILES string of the molecule is Cc1nc(CCN2CCC(=O)NCC2=O)no1. The van der Waals surface area contributed by atoms with Crippen LogP contribution in [0.3, 0.4) is 0 Å². The lowest BCUT2D eigenvalue weighted by atomic mass is 10.3. The van der Waals surface area contributed by atoms with Crippen molar-refractivity contribution in [2.45, 2.75) is 19.8 Å². The van der Waals surface area contributed by atoms with Gasteiger partial charge >= 0.3 is 0 Å². The third kappa shape index (κ3) is 3.02. The molecule has 0 unspecified atom stereocenters. The molecule has 1 aromatic heterocycles. The van der Waals surface area contributed by atoms with Crippen LogP contribution in [-0.4, -0.2) is 46.5 Å². The molecule has 0 atom stereocenters. The molecule has 2 amide bonds. The van der Waals surface area contributed by atoms with Gasteiger partial charge in [0, 0.05) is 32.9 Å². The second-order valence-corrected chi connectivity index (χ2v) is 3.89. The highest BCUT2D eigenvalue weighted by Gasteiger charge is 2.20. The van der Waals surface area contributed by atoms with Crippen LogP contribution in [0.15, 0.2) is 4.52 Å². The van der Waals surface area contributed by atoms with Gasteiger partial charge in [-0.2, -0.15) is 4.98 Å². The minimum Gasteiger partial charge on any atom is -0.347 e. The van der Waals surface area contributed by atoms with E-state index in [9.17, 15) is 9.59 Å². The maximum Gasteiger partial charge on any atom is 0.241 e. The van der Waals surface area contributed by atoms with Crippen molar-refractivity contribution in [3.63, 3.8) is 0 Å². The van der Waals surface area contributed by atoms with E-state index in [-0.39, 0.29) is 18.4 Å². The van der Waals surface area contributed by atoms with Gasteiger partial charge < -0.3 is 14.7 Å². The van der Waals surface area contributed by atoms with Crippen LogP contribution in [0.25, 0.3) is 0 Å². The van der Waals surface area contributed by atoms with Crippen molar-refractivity contribution in [3.05, 3.63) is 11.7 Å². The van der Waals surface area contributed by atoms with Gasteiger partial charge in [-0.1, -0.05) is 5.16 Å². The first-order valence-electron chi connectivity index (χ1n) is 5.49. The third-order valence-electron chi connectivity index (χ3n) is 2.57. The second kappa shape index (κ2) is 4.94. The standard InChI is InChI=1S/C10H14N4O3/c1-7-12-8(13-17-7)2-4-14-5-3-9(15)11-6-10(14)16/h2-6H2,1H3,(H,11,15). The summed E-state index contributed by atoms with van der Waals surface area (Å²) in [6, 6.07) is 0. The first-order valence-corrected chi connectivity index (χ1v) is 5.49. The molecule has 1 aromatic rings. The number of hydrogen-bond acceptors (Lipinski definition) is 5. The zero-order valence-electron chi connectivity index (χ0n) is 9.60. The lowest BCUT2D eigenvalue weighted by Gasteiger charge is -2.18. The minimum atomic E-state index is -0.0868. The van der Waals surface area contributed by atoms with Crippen LogP contribution >= 0.6 is 0 Å². The highest BCUT2D eigenvalue weighted by molar-refractivity contribution is 5.87. The van der Waals surface area contributed by atoms with E-state index in [1.807, 2.05) is 0 Å². The van der Waals surface area contributed by atoms with Gasteiger partial charge in [-0.25, -0.2) is 0 Å². The summed E-state index contributed by atoms with van der Waals surface area (Å²) >= 11 is 0. The Balaban J connectivity index is 1.89. The fourth-order valence-electron chi connectivity index (χ4n) is 1.65. The highest BCUT2D eigenvalue weighted by Crippen LogP contribution is 2.02. The Morgan fingerprint density at radius 3 is 3.00 bits per heavy atom. The van der Waals surface area contributed by atoms with E-state index < -0.39 is 0 Å². The number of amides is 2. The number of carbonyl (C=O) groups excluding carboxylic acids is 2. The first kappa shape index (κ1) is 11.6. The van der Waals surface area contributed by atoms with E-state index in [4.69, 9.17) is 4.52 Å². The normalized spacial score (nSPS) is 16.9. The molecule has 0 aliphatic carbocycles. The monoisotopic (exact) mass is 238 g/mol. The van der Waals surface area contributed by atoms with Crippen molar-refractivity contribution in [1.29, 1.82) is 0 Å². The third-order valence-corrected chi connectivity index (χ3v) is 2.57. The van der Waals surface area contributed by atoms with Gasteiger partial charge in [0.25, 0.3) is 0 Å². The summed E-state index contributed by atoms with van der Waals surface area (Å²) in [5.41, 5.74) is 0. The number of aromatic nitrogens is 2. The summed E-state index contributed by atoms with van der Waals surface area (Å²) in [4.78, 5) is 28.5. The van der Waals surface area contributed by atoms with E-state index in [1.54, 1.807) is 11.8 Å². The van der Waals surface area contributed by atoms with Crippen LogP contribution in [0.4, 0.5) is 0 Å². The summed E-state index contributed by atoms with van der Waals surface area (Å²) in [7, 11) is 0. The molecule has 7 heteroatoms. The maximum absolute atomic E-state index is 11.6. The number of carbonyl (C=O) groups is 2. The van der Waals surface area contributed by atoms with Gasteiger partial charge in [0.1, 0.15) is 0 Å². The fraction of sp³-hybridized carbons (Fsp3) is 0.600. The van der Waals surface area contributed by atoms with Crippen LogP contribution in [0.2, 0.25) is 0 Å². The quantitative estimate of drug-likeness (QED) is 0.750. The van der Waals surface area contributed by atoms with Gasteiger partial charge in [0.15, 0.2) is 5.82 Å². The van der Waals surface area contributed by atoms with Gasteiger partial charge in [-0.05, 0) is 0 Å².